The Morgan fingerprint density at radius 3 is 0.990 bits per heavy atom. The van der Waals surface area contributed by atoms with Crippen LogP contribution in [0, 0.1) is 27.7 Å². The number of carbonyl (C=O) groups is 5. The van der Waals surface area contributed by atoms with Crippen molar-refractivity contribution in [1.29, 1.82) is 0 Å². The first-order chi connectivity index (χ1) is 46.5. The number of amides is 4. The van der Waals surface area contributed by atoms with E-state index in [0.717, 1.165) is 115 Å². The summed E-state index contributed by atoms with van der Waals surface area (Å²) in [5.74, 6) is 1.94. The molecule has 8 aromatic rings. The maximum Gasteiger partial charge on any atom is 0.223 e. The summed E-state index contributed by atoms with van der Waals surface area (Å²) in [7, 11) is 26.4. The summed E-state index contributed by atoms with van der Waals surface area (Å²) < 4.78 is 0. The second kappa shape index (κ2) is 43.4. The number of rotatable bonds is 19. The highest BCUT2D eigenvalue weighted by atomic mass is 35.5. The van der Waals surface area contributed by atoms with Crippen molar-refractivity contribution in [1.82, 2.24) is 24.8 Å². The van der Waals surface area contributed by atoms with Crippen LogP contribution >= 0.6 is 11.6 Å². The minimum Gasteiger partial charge on any atom is -0.399 e. The number of nitrogens with zero attached hydrogens (tertiary/aromatic N) is 13. The smallest absolute Gasteiger partial charge is 0.223 e. The third-order valence-electron chi connectivity index (χ3n) is 15.6. The number of anilines is 15. The van der Waals surface area contributed by atoms with E-state index >= 15 is 0 Å². The molecule has 24 nitrogen and oxygen atoms in total. The fourth-order valence-electron chi connectivity index (χ4n) is 9.52. The molecule has 0 aliphatic carbocycles. The van der Waals surface area contributed by atoms with Gasteiger partial charge in [0, 0.05) is 171 Å². The lowest BCUT2D eigenvalue weighted by Gasteiger charge is -2.24. The van der Waals surface area contributed by atoms with Gasteiger partial charge < -0.3 is 76.0 Å². The van der Waals surface area contributed by atoms with Crippen molar-refractivity contribution in [2.45, 2.75) is 105 Å². The van der Waals surface area contributed by atoms with E-state index in [1.807, 2.05) is 157 Å². The highest BCUT2D eigenvalue weighted by molar-refractivity contribution is 6.29. The van der Waals surface area contributed by atoms with Crippen LogP contribution in [0.1, 0.15) is 107 Å². The molecule has 103 heavy (non-hydrogen) atoms. The molecule has 7 N–H and O–H groups in total. The molecular formula is C78H116ClN17O7. The van der Waals surface area contributed by atoms with Gasteiger partial charge in [-0.05, 0) is 117 Å². The van der Waals surface area contributed by atoms with E-state index in [-0.39, 0.29) is 66.5 Å². The van der Waals surface area contributed by atoms with Gasteiger partial charge in [0.1, 0.15) is 28.9 Å². The maximum absolute atomic E-state index is 11.7. The number of aliphatic hydroxyl groups is 2. The minimum atomic E-state index is -0.0547. The van der Waals surface area contributed by atoms with E-state index in [9.17, 15) is 29.1 Å². The SMILES string of the molecule is C.C.C.C.CC(=O)N(C)c1cnc(Cl)cc1N(C)C.CC(=O)N(C)c1cnc(Nc2ccc(C=O)cc2C)cc1N(C)C.CC(=O)N(C)c1cnc(Nc2ccc(CN(C)C)cc2C)cc1N(C)C.CC(=O)N(C)c1cnc(Nc2ccc(CO)cc2C)cc1N(C)C.Cc1cc(CO)ccc1N. The lowest BCUT2D eigenvalue weighted by molar-refractivity contribution is -0.117. The molecule has 8 rings (SSSR count). The number of nitrogens with one attached hydrogen (secondary N) is 3. The highest BCUT2D eigenvalue weighted by Crippen LogP contribution is 2.35. The number of aryl methyl sites for hydroxylation is 4. The molecule has 4 aromatic carbocycles. The van der Waals surface area contributed by atoms with Crippen LogP contribution in [0.3, 0.4) is 0 Å². The number of aromatic nitrogens is 4. The molecule has 0 spiro atoms. The van der Waals surface area contributed by atoms with E-state index in [1.165, 1.54) is 31.9 Å². The van der Waals surface area contributed by atoms with E-state index in [4.69, 9.17) is 22.4 Å². The van der Waals surface area contributed by atoms with Gasteiger partial charge >= 0.3 is 0 Å². The fraction of sp³-hybridized carbons (Fsp3) is 0.372. The second-order valence-corrected chi connectivity index (χ2v) is 25.1. The highest BCUT2D eigenvalue weighted by Gasteiger charge is 2.19. The maximum atomic E-state index is 11.7. The molecule has 0 saturated heterocycles. The summed E-state index contributed by atoms with van der Waals surface area (Å²) >= 11 is 5.80. The first-order valence-electron chi connectivity index (χ1n) is 31.6. The van der Waals surface area contributed by atoms with Gasteiger partial charge in [-0.2, -0.15) is 0 Å². The summed E-state index contributed by atoms with van der Waals surface area (Å²) in [5.41, 5.74) is 23.6. The Labute approximate surface area is 619 Å². The molecule has 0 radical (unpaired) electrons. The number of halogens is 1. The predicted octanol–water partition coefficient (Wildman–Crippen LogP) is 14.3. The average molecular weight is 1440 g/mol. The summed E-state index contributed by atoms with van der Waals surface area (Å²) in [5, 5.41) is 28.3. The van der Waals surface area contributed by atoms with Crippen LogP contribution in [0.5, 0.6) is 0 Å². The molecule has 562 valence electrons. The van der Waals surface area contributed by atoms with E-state index < -0.39 is 0 Å². The van der Waals surface area contributed by atoms with Gasteiger partial charge in [0.15, 0.2) is 0 Å². The molecule has 4 aromatic heterocycles. The van der Waals surface area contributed by atoms with Gasteiger partial charge in [0.2, 0.25) is 23.6 Å². The Morgan fingerprint density at radius 2 is 0.699 bits per heavy atom. The first kappa shape index (κ1) is 92.6. The van der Waals surface area contributed by atoms with Crippen molar-refractivity contribution < 1.29 is 34.2 Å². The summed E-state index contributed by atoms with van der Waals surface area (Å²) in [6.45, 7) is 15.0. The first-order valence-corrected chi connectivity index (χ1v) is 32.0. The van der Waals surface area contributed by atoms with E-state index in [2.05, 4.69) is 80.0 Å². The molecule has 4 amide bonds. The van der Waals surface area contributed by atoms with Crippen molar-refractivity contribution in [3.8, 4) is 0 Å². The molecule has 0 aliphatic rings. The number of hydrogen-bond acceptors (Lipinski definition) is 20. The Morgan fingerprint density at radius 1 is 0.408 bits per heavy atom. The van der Waals surface area contributed by atoms with Gasteiger partial charge in [-0.1, -0.05) is 77.7 Å². The number of nitrogen functional groups attached to an aromatic ring is 1. The normalized spacial score (nSPS) is 9.92. The lowest BCUT2D eigenvalue weighted by Crippen LogP contribution is -2.25. The zero-order chi connectivity index (χ0) is 74.3. The molecule has 0 unspecified atom stereocenters. The van der Waals surface area contributed by atoms with Gasteiger partial charge in [-0.25, -0.2) is 19.9 Å². The van der Waals surface area contributed by atoms with Crippen molar-refractivity contribution in [2.24, 2.45) is 0 Å². The second-order valence-electron chi connectivity index (χ2n) is 24.7. The molecule has 0 bridgehead atoms. The van der Waals surface area contributed by atoms with Gasteiger partial charge in [-0.15, -0.1) is 0 Å². The number of aldehydes is 1. The van der Waals surface area contributed by atoms with Crippen LogP contribution in [0.15, 0.2) is 122 Å². The molecule has 4 heterocycles. The van der Waals surface area contributed by atoms with E-state index in [1.54, 1.807) is 97.7 Å². The van der Waals surface area contributed by atoms with Crippen LogP contribution < -0.4 is 60.9 Å². The number of benzene rings is 4. The summed E-state index contributed by atoms with van der Waals surface area (Å²) in [6, 6.07) is 30.6. The lowest BCUT2D eigenvalue weighted by atomic mass is 10.1. The average Bonchev–Trinajstić information content (AvgIpc) is 0.830. The zero-order valence-electron chi connectivity index (χ0n) is 61.5. The van der Waals surface area contributed by atoms with Crippen molar-refractivity contribution in [2.75, 3.05) is 160 Å². The Bertz CT molecular complexity index is 4070. The topological polar surface area (TPSA) is 269 Å². The zero-order valence-corrected chi connectivity index (χ0v) is 62.2. The van der Waals surface area contributed by atoms with Crippen molar-refractivity contribution >= 4 is 127 Å². The number of pyridine rings is 4. The predicted molar refractivity (Wildman–Crippen MR) is 436 cm³/mol. The number of aliphatic hydroxyl groups excluding tert-OH is 2. The van der Waals surface area contributed by atoms with Crippen LogP contribution in [-0.2, 0) is 38.9 Å². The summed E-state index contributed by atoms with van der Waals surface area (Å²) in [6.07, 6.45) is 7.52. The third kappa shape index (κ3) is 27.5. The largest absolute Gasteiger partial charge is 0.399 e. The molecule has 25 heteroatoms. The van der Waals surface area contributed by atoms with Crippen molar-refractivity contribution in [3.63, 3.8) is 0 Å². The quantitative estimate of drug-likeness (QED) is 0.0249. The number of nitrogens with two attached hydrogens (primary N) is 1. The van der Waals surface area contributed by atoms with E-state index in [0.29, 0.717) is 22.4 Å². The molecular weight excluding hydrogens is 1320 g/mol. The van der Waals surface area contributed by atoms with Gasteiger partial charge in [0.25, 0.3) is 0 Å². The minimum absolute atomic E-state index is 0. The molecule has 0 saturated carbocycles. The number of carbonyl (C=O) groups excluding carboxylic acids is 5. The third-order valence-corrected chi connectivity index (χ3v) is 15.8. The molecule has 0 atom stereocenters. The monoisotopic (exact) mass is 1440 g/mol. The fourth-order valence-corrected chi connectivity index (χ4v) is 9.67. The Kier molecular flexibility index (Phi) is 39.0. The Balaban J connectivity index is 0.00000129. The summed E-state index contributed by atoms with van der Waals surface area (Å²) in [4.78, 5) is 90.6. The van der Waals surface area contributed by atoms with Crippen molar-refractivity contribution in [3.05, 3.63) is 172 Å². The number of hydrogen-bond donors (Lipinski definition) is 6. The van der Waals surface area contributed by atoms with Crippen LogP contribution in [0.25, 0.3) is 0 Å². The van der Waals surface area contributed by atoms with Crippen LogP contribution in [-0.4, -0.2) is 164 Å². The van der Waals surface area contributed by atoms with Crippen LogP contribution in [0.4, 0.5) is 85.7 Å². The Hall–Kier alpha value is -10.4. The molecule has 0 aliphatic heterocycles. The standard InChI is InChI=1S/C20H29N5O.C18H24N4O2.C18H22N4O2.C10H14ClN3O.C8H11NO.4CH4/c1-14-10-16(13-23(3)4)8-9-17(14)22-20-11-18(24(5)6)19(12-21-20)25(7)15(2)26;2*1-12-8-14(11-23)6-7-15(12)20-18-9-16(21(3)4)17(10-19-18)22(5)13(2)24;1-7(15)14(4)9-6-12-10(11)5-8(9)13(2)3;1-6-4-7(5-10)2-3-8(6)9;;;;/h8-12H,13H2,1-7H3,(H,21,22);6-10,23H,11H2,1-5H3,(H,19,20);6-11H,1-5H3,(H,19,20);5-6H,1-4H3;2-4,10H,5,9H2,1H3;4*1H4. The molecule has 0 fully saturated rings. The van der Waals surface area contributed by atoms with Gasteiger partial charge in [0.05, 0.1) is 83.5 Å². The van der Waals surface area contributed by atoms with Crippen LogP contribution in [0.2, 0.25) is 5.15 Å². The van der Waals surface area contributed by atoms with Gasteiger partial charge in [-0.3, -0.25) is 24.0 Å².